The maximum Gasteiger partial charge on any atom is 0.323 e. The summed E-state index contributed by atoms with van der Waals surface area (Å²) in [4.78, 5) is 18.4. The molecule has 0 aliphatic carbocycles. The SMILES string of the molecule is Nc1ccc(-c2ccc(F)cc2)nc1NC(=O)N1Cc2cccc(F)c2C1. The summed E-state index contributed by atoms with van der Waals surface area (Å²) >= 11 is 0. The van der Waals surface area contributed by atoms with Gasteiger partial charge in [-0.05, 0) is 48.0 Å². The number of anilines is 2. The third-order valence-electron chi connectivity index (χ3n) is 4.51. The van der Waals surface area contributed by atoms with Gasteiger partial charge in [0.25, 0.3) is 0 Å². The van der Waals surface area contributed by atoms with Crippen LogP contribution >= 0.6 is 0 Å². The van der Waals surface area contributed by atoms with Gasteiger partial charge in [0.05, 0.1) is 17.9 Å². The molecular formula is C20H16F2N4O. The Kier molecular flexibility index (Phi) is 4.19. The van der Waals surface area contributed by atoms with Crippen molar-refractivity contribution in [1.29, 1.82) is 0 Å². The highest BCUT2D eigenvalue weighted by Crippen LogP contribution is 2.27. The van der Waals surface area contributed by atoms with Crippen LogP contribution in [0.2, 0.25) is 0 Å². The number of fused-ring (bicyclic) bond motifs is 1. The molecule has 2 aromatic carbocycles. The molecule has 1 aromatic heterocycles. The van der Waals surface area contributed by atoms with E-state index in [1.807, 2.05) is 0 Å². The van der Waals surface area contributed by atoms with E-state index in [9.17, 15) is 13.6 Å². The molecule has 7 heteroatoms. The first kappa shape index (κ1) is 17.0. The van der Waals surface area contributed by atoms with E-state index in [4.69, 9.17) is 5.73 Å². The first-order valence-electron chi connectivity index (χ1n) is 8.36. The zero-order valence-corrected chi connectivity index (χ0v) is 14.2. The predicted octanol–water partition coefficient (Wildman–Crippen LogP) is 4.16. The molecule has 2 heterocycles. The van der Waals surface area contributed by atoms with Gasteiger partial charge in [-0.25, -0.2) is 18.6 Å². The minimum Gasteiger partial charge on any atom is -0.396 e. The molecule has 0 fully saturated rings. The topological polar surface area (TPSA) is 71.2 Å². The second kappa shape index (κ2) is 6.68. The van der Waals surface area contributed by atoms with Gasteiger partial charge in [-0.2, -0.15) is 0 Å². The van der Waals surface area contributed by atoms with Gasteiger partial charge in [-0.3, -0.25) is 5.32 Å². The van der Waals surface area contributed by atoms with E-state index in [2.05, 4.69) is 10.3 Å². The van der Waals surface area contributed by atoms with E-state index in [0.717, 1.165) is 5.56 Å². The summed E-state index contributed by atoms with van der Waals surface area (Å²) in [5.74, 6) is -0.458. The van der Waals surface area contributed by atoms with Crippen LogP contribution in [0.3, 0.4) is 0 Å². The Hall–Kier alpha value is -3.48. The number of benzene rings is 2. The van der Waals surface area contributed by atoms with Crippen molar-refractivity contribution < 1.29 is 13.6 Å². The predicted molar refractivity (Wildman–Crippen MR) is 98.7 cm³/mol. The molecule has 3 N–H and O–H groups in total. The summed E-state index contributed by atoms with van der Waals surface area (Å²) in [7, 11) is 0. The third kappa shape index (κ3) is 3.31. The molecule has 1 aliphatic rings. The number of nitrogens with one attached hydrogen (secondary N) is 1. The van der Waals surface area contributed by atoms with Crippen LogP contribution in [0, 0.1) is 11.6 Å². The number of nitrogens with two attached hydrogens (primary N) is 1. The molecule has 0 bridgehead atoms. The van der Waals surface area contributed by atoms with Crippen LogP contribution in [0.5, 0.6) is 0 Å². The van der Waals surface area contributed by atoms with E-state index in [1.165, 1.54) is 23.1 Å². The molecule has 0 unspecified atom stereocenters. The van der Waals surface area contributed by atoms with Crippen LogP contribution in [0.25, 0.3) is 11.3 Å². The van der Waals surface area contributed by atoms with Crippen LogP contribution in [0.1, 0.15) is 11.1 Å². The molecule has 3 aromatic rings. The smallest absolute Gasteiger partial charge is 0.323 e. The Morgan fingerprint density at radius 2 is 1.81 bits per heavy atom. The van der Waals surface area contributed by atoms with Crippen LogP contribution in [0.15, 0.2) is 54.6 Å². The molecular weight excluding hydrogens is 350 g/mol. The van der Waals surface area contributed by atoms with Crippen molar-refractivity contribution in [3.63, 3.8) is 0 Å². The summed E-state index contributed by atoms with van der Waals surface area (Å²) in [6.07, 6.45) is 0. The van der Waals surface area contributed by atoms with Crippen molar-refractivity contribution in [2.24, 2.45) is 0 Å². The third-order valence-corrected chi connectivity index (χ3v) is 4.51. The van der Waals surface area contributed by atoms with Crippen molar-refractivity contribution in [2.45, 2.75) is 13.1 Å². The number of nitrogen functional groups attached to an aromatic ring is 1. The molecule has 5 nitrogen and oxygen atoms in total. The van der Waals surface area contributed by atoms with E-state index < -0.39 is 6.03 Å². The number of rotatable bonds is 2. The Bertz CT molecular complexity index is 1020. The first-order chi connectivity index (χ1) is 13.0. The molecule has 0 atom stereocenters. The molecule has 136 valence electrons. The highest BCUT2D eigenvalue weighted by atomic mass is 19.1. The Morgan fingerprint density at radius 3 is 2.56 bits per heavy atom. The van der Waals surface area contributed by atoms with Gasteiger partial charge < -0.3 is 10.6 Å². The molecule has 4 rings (SSSR count). The van der Waals surface area contributed by atoms with E-state index in [1.54, 1.807) is 36.4 Å². The van der Waals surface area contributed by atoms with Gasteiger partial charge in [0.15, 0.2) is 5.82 Å². The second-order valence-corrected chi connectivity index (χ2v) is 6.30. The fourth-order valence-corrected chi connectivity index (χ4v) is 3.06. The number of halogens is 2. The van der Waals surface area contributed by atoms with Crippen molar-refractivity contribution >= 4 is 17.5 Å². The Morgan fingerprint density at radius 1 is 1.04 bits per heavy atom. The van der Waals surface area contributed by atoms with Gasteiger partial charge in [-0.1, -0.05) is 12.1 Å². The number of amides is 2. The Balaban J connectivity index is 1.54. The van der Waals surface area contributed by atoms with Gasteiger partial charge in [0.2, 0.25) is 0 Å². The molecule has 0 spiro atoms. The summed E-state index contributed by atoms with van der Waals surface area (Å²) in [6.45, 7) is 0.502. The molecule has 27 heavy (non-hydrogen) atoms. The number of carbonyl (C=O) groups is 1. The highest BCUT2D eigenvalue weighted by molar-refractivity contribution is 5.92. The van der Waals surface area contributed by atoms with E-state index in [-0.39, 0.29) is 24.0 Å². The molecule has 0 saturated carbocycles. The molecule has 2 amide bonds. The van der Waals surface area contributed by atoms with Crippen LogP contribution in [0.4, 0.5) is 25.1 Å². The lowest BCUT2D eigenvalue weighted by Crippen LogP contribution is -2.31. The number of hydrogen-bond donors (Lipinski definition) is 2. The molecule has 0 radical (unpaired) electrons. The fourth-order valence-electron chi connectivity index (χ4n) is 3.06. The van der Waals surface area contributed by atoms with Crippen molar-refractivity contribution in [1.82, 2.24) is 9.88 Å². The average molecular weight is 366 g/mol. The lowest BCUT2D eigenvalue weighted by Gasteiger charge is -2.17. The summed E-state index contributed by atoms with van der Waals surface area (Å²) < 4.78 is 27.0. The fraction of sp³-hybridized carbons (Fsp3) is 0.100. The van der Waals surface area contributed by atoms with Gasteiger partial charge in [-0.15, -0.1) is 0 Å². The maximum absolute atomic E-state index is 13.9. The number of carbonyl (C=O) groups excluding carboxylic acids is 1. The monoisotopic (exact) mass is 366 g/mol. The minimum absolute atomic E-state index is 0.186. The van der Waals surface area contributed by atoms with Crippen LogP contribution in [-0.4, -0.2) is 15.9 Å². The number of pyridine rings is 1. The average Bonchev–Trinajstić information content (AvgIpc) is 3.10. The summed E-state index contributed by atoms with van der Waals surface area (Å²) in [6, 6.07) is 13.6. The summed E-state index contributed by atoms with van der Waals surface area (Å²) in [5, 5.41) is 2.68. The van der Waals surface area contributed by atoms with Gasteiger partial charge >= 0.3 is 6.03 Å². The van der Waals surface area contributed by atoms with Gasteiger partial charge in [0.1, 0.15) is 11.6 Å². The summed E-state index contributed by atoms with van der Waals surface area (Å²) in [5.41, 5.74) is 8.79. The van der Waals surface area contributed by atoms with Gasteiger partial charge in [0, 0.05) is 17.7 Å². The Labute approximate surface area is 154 Å². The molecule has 1 aliphatic heterocycles. The van der Waals surface area contributed by atoms with Crippen molar-refractivity contribution in [2.75, 3.05) is 11.1 Å². The number of hydrogen-bond acceptors (Lipinski definition) is 3. The van der Waals surface area contributed by atoms with Crippen molar-refractivity contribution in [3.8, 4) is 11.3 Å². The second-order valence-electron chi connectivity index (χ2n) is 6.30. The quantitative estimate of drug-likeness (QED) is 0.715. The number of urea groups is 1. The molecule has 0 saturated heterocycles. The van der Waals surface area contributed by atoms with Crippen LogP contribution in [-0.2, 0) is 13.1 Å². The zero-order valence-electron chi connectivity index (χ0n) is 14.2. The normalized spacial score (nSPS) is 12.7. The maximum atomic E-state index is 13.9. The standard InChI is InChI=1S/C20H16F2N4O/c21-14-6-4-12(5-7-14)18-9-8-17(23)19(24-18)25-20(27)26-10-13-2-1-3-16(22)15(13)11-26/h1-9H,10-11,23H2,(H,24,25,27). The van der Waals surface area contributed by atoms with Crippen LogP contribution < -0.4 is 11.1 Å². The zero-order chi connectivity index (χ0) is 19.0. The largest absolute Gasteiger partial charge is 0.396 e. The lowest BCUT2D eigenvalue weighted by atomic mass is 10.1. The minimum atomic E-state index is -0.416. The first-order valence-corrected chi connectivity index (χ1v) is 8.36. The number of aromatic nitrogens is 1. The van der Waals surface area contributed by atoms with E-state index >= 15 is 0 Å². The van der Waals surface area contributed by atoms with E-state index in [0.29, 0.717) is 29.1 Å². The van der Waals surface area contributed by atoms with Crippen molar-refractivity contribution in [3.05, 3.63) is 77.4 Å². The number of nitrogens with zero attached hydrogens (tertiary/aromatic N) is 2. The lowest BCUT2D eigenvalue weighted by molar-refractivity contribution is 0.212. The highest BCUT2D eigenvalue weighted by Gasteiger charge is 2.26.